The molecule has 2 heterocycles. The van der Waals surface area contributed by atoms with Crippen molar-refractivity contribution in [2.75, 3.05) is 6.54 Å². The van der Waals surface area contributed by atoms with Crippen LogP contribution in [-0.2, 0) is 30.0 Å². The number of nitrogens with zero attached hydrogens (tertiary/aromatic N) is 3. The van der Waals surface area contributed by atoms with Crippen molar-refractivity contribution in [3.05, 3.63) is 47.0 Å². The van der Waals surface area contributed by atoms with Gasteiger partial charge < -0.3 is 4.57 Å². The molecule has 106 valence electrons. The van der Waals surface area contributed by atoms with Gasteiger partial charge in [0.25, 0.3) is 0 Å². The fourth-order valence-electron chi connectivity index (χ4n) is 2.37. The molecule has 2 aromatic rings. The van der Waals surface area contributed by atoms with Gasteiger partial charge in [-0.15, -0.1) is 0 Å². The van der Waals surface area contributed by atoms with E-state index in [9.17, 15) is 8.42 Å². The van der Waals surface area contributed by atoms with Gasteiger partial charge in [-0.3, -0.25) is 0 Å². The molecule has 1 aliphatic rings. The van der Waals surface area contributed by atoms with E-state index < -0.39 is 10.0 Å². The molecule has 7 heteroatoms. The van der Waals surface area contributed by atoms with Crippen LogP contribution in [0.3, 0.4) is 0 Å². The van der Waals surface area contributed by atoms with Crippen molar-refractivity contribution < 1.29 is 8.42 Å². The van der Waals surface area contributed by atoms with E-state index in [1.807, 2.05) is 11.6 Å². The van der Waals surface area contributed by atoms with E-state index in [2.05, 4.69) is 4.98 Å². The van der Waals surface area contributed by atoms with Crippen LogP contribution in [0, 0.1) is 0 Å². The summed E-state index contributed by atoms with van der Waals surface area (Å²) in [5.41, 5.74) is 1.92. The Labute approximate surface area is 122 Å². The molecule has 0 spiro atoms. The van der Waals surface area contributed by atoms with Gasteiger partial charge >= 0.3 is 0 Å². The molecule has 1 aromatic heterocycles. The quantitative estimate of drug-likeness (QED) is 0.850. The predicted molar refractivity (Wildman–Crippen MR) is 76.0 cm³/mol. The van der Waals surface area contributed by atoms with Crippen LogP contribution in [0.1, 0.15) is 11.4 Å². The average Bonchev–Trinajstić information content (AvgIpc) is 2.80. The molecule has 0 radical (unpaired) electrons. The first-order valence-electron chi connectivity index (χ1n) is 6.23. The molecule has 1 aromatic carbocycles. The zero-order valence-corrected chi connectivity index (χ0v) is 12.5. The van der Waals surface area contributed by atoms with Crippen LogP contribution in [-0.4, -0.2) is 28.8 Å². The molecule has 0 unspecified atom stereocenters. The highest BCUT2D eigenvalue weighted by atomic mass is 35.5. The summed E-state index contributed by atoms with van der Waals surface area (Å²) in [7, 11) is -1.64. The van der Waals surface area contributed by atoms with E-state index in [0.717, 1.165) is 11.4 Å². The Kier molecular flexibility index (Phi) is 3.32. The molecule has 0 saturated carbocycles. The molecule has 3 rings (SSSR count). The zero-order chi connectivity index (χ0) is 14.3. The number of hydrogen-bond donors (Lipinski definition) is 0. The third kappa shape index (κ3) is 2.24. The second-order valence-corrected chi connectivity index (χ2v) is 7.17. The fourth-order valence-corrected chi connectivity index (χ4v) is 4.08. The molecular weight excluding hydrogens is 298 g/mol. The Morgan fingerprint density at radius 3 is 2.90 bits per heavy atom. The lowest BCUT2D eigenvalue weighted by Gasteiger charge is -2.26. The van der Waals surface area contributed by atoms with Gasteiger partial charge in [-0.2, -0.15) is 4.31 Å². The van der Waals surface area contributed by atoms with Crippen LogP contribution in [0.25, 0.3) is 0 Å². The number of benzene rings is 1. The van der Waals surface area contributed by atoms with Gasteiger partial charge in [0.2, 0.25) is 10.0 Å². The Hall–Kier alpha value is -1.37. The number of aryl methyl sites for hydroxylation is 1. The van der Waals surface area contributed by atoms with Crippen molar-refractivity contribution >= 4 is 21.6 Å². The number of halogens is 1. The first-order valence-corrected chi connectivity index (χ1v) is 8.05. The summed E-state index contributed by atoms with van der Waals surface area (Å²) in [5.74, 6) is 0. The molecule has 0 N–H and O–H groups in total. The summed E-state index contributed by atoms with van der Waals surface area (Å²) in [5, 5.41) is 0.421. The van der Waals surface area contributed by atoms with Gasteiger partial charge in [0.1, 0.15) is 0 Å². The molecule has 0 amide bonds. The third-order valence-corrected chi connectivity index (χ3v) is 5.58. The van der Waals surface area contributed by atoms with Crippen LogP contribution in [0.5, 0.6) is 0 Å². The summed E-state index contributed by atoms with van der Waals surface area (Å²) in [6, 6.07) is 6.36. The second-order valence-electron chi connectivity index (χ2n) is 4.79. The van der Waals surface area contributed by atoms with Crippen LogP contribution in [0.2, 0.25) is 5.02 Å². The molecule has 0 saturated heterocycles. The number of aromatic nitrogens is 2. The summed E-state index contributed by atoms with van der Waals surface area (Å²) < 4.78 is 28.6. The highest BCUT2D eigenvalue weighted by Crippen LogP contribution is 2.25. The topological polar surface area (TPSA) is 55.2 Å². The number of rotatable bonds is 2. The van der Waals surface area contributed by atoms with Gasteiger partial charge in [0, 0.05) is 25.0 Å². The van der Waals surface area contributed by atoms with Crippen LogP contribution in [0.15, 0.2) is 35.5 Å². The van der Waals surface area contributed by atoms with Crippen molar-refractivity contribution in [1.29, 1.82) is 0 Å². The van der Waals surface area contributed by atoms with E-state index in [1.54, 1.807) is 24.5 Å². The van der Waals surface area contributed by atoms with E-state index >= 15 is 0 Å². The van der Waals surface area contributed by atoms with Gasteiger partial charge in [-0.1, -0.05) is 17.7 Å². The lowest BCUT2D eigenvalue weighted by molar-refractivity contribution is 0.380. The monoisotopic (exact) mass is 311 g/mol. The third-order valence-electron chi connectivity index (χ3n) is 3.50. The Balaban J connectivity index is 1.96. The van der Waals surface area contributed by atoms with Crippen molar-refractivity contribution in [3.8, 4) is 0 Å². The molecule has 0 fully saturated rings. The molecule has 0 aliphatic carbocycles. The van der Waals surface area contributed by atoms with Crippen molar-refractivity contribution in [2.24, 2.45) is 7.05 Å². The van der Waals surface area contributed by atoms with Crippen LogP contribution in [0.4, 0.5) is 0 Å². The van der Waals surface area contributed by atoms with Gasteiger partial charge in [-0.25, -0.2) is 13.4 Å². The average molecular weight is 312 g/mol. The van der Waals surface area contributed by atoms with Gasteiger partial charge in [-0.05, 0) is 18.2 Å². The second kappa shape index (κ2) is 4.87. The maximum atomic E-state index is 12.6. The first kappa shape index (κ1) is 13.6. The van der Waals surface area contributed by atoms with Crippen LogP contribution >= 0.6 is 11.6 Å². The minimum absolute atomic E-state index is 0.232. The number of hydrogen-bond acceptors (Lipinski definition) is 3. The maximum absolute atomic E-state index is 12.6. The van der Waals surface area contributed by atoms with Gasteiger partial charge in [0.15, 0.2) is 0 Å². The lowest BCUT2D eigenvalue weighted by Crippen LogP contribution is -2.36. The highest BCUT2D eigenvalue weighted by molar-refractivity contribution is 7.89. The predicted octanol–water partition coefficient (Wildman–Crippen LogP) is 1.82. The molecule has 0 bridgehead atoms. The van der Waals surface area contributed by atoms with Crippen molar-refractivity contribution in [1.82, 2.24) is 13.9 Å². The Morgan fingerprint density at radius 2 is 2.15 bits per heavy atom. The van der Waals surface area contributed by atoms with E-state index in [-0.39, 0.29) is 4.90 Å². The molecule has 20 heavy (non-hydrogen) atoms. The normalized spacial score (nSPS) is 16.1. The summed E-state index contributed by atoms with van der Waals surface area (Å²) >= 11 is 5.88. The van der Waals surface area contributed by atoms with Crippen molar-refractivity contribution in [3.63, 3.8) is 0 Å². The standard InChI is InChI=1S/C13H14ClN3O2S/c1-16-9-15-12-5-6-17(8-13(12)16)20(18,19)11-4-2-3-10(14)7-11/h2-4,7,9H,5-6,8H2,1H3. The lowest BCUT2D eigenvalue weighted by atomic mass is 10.2. The zero-order valence-electron chi connectivity index (χ0n) is 11.0. The fraction of sp³-hybridized carbons (Fsp3) is 0.308. The molecule has 5 nitrogen and oxygen atoms in total. The molecule has 0 atom stereocenters. The summed E-state index contributed by atoms with van der Waals surface area (Å²) in [4.78, 5) is 4.51. The number of imidazole rings is 1. The highest BCUT2D eigenvalue weighted by Gasteiger charge is 2.30. The first-order chi connectivity index (χ1) is 9.48. The molecule has 1 aliphatic heterocycles. The Morgan fingerprint density at radius 1 is 1.35 bits per heavy atom. The van der Waals surface area contributed by atoms with E-state index in [4.69, 9.17) is 11.6 Å². The maximum Gasteiger partial charge on any atom is 0.243 e. The smallest absolute Gasteiger partial charge is 0.243 e. The Bertz CT molecular complexity index is 755. The minimum atomic E-state index is -3.51. The van der Waals surface area contributed by atoms with Crippen LogP contribution < -0.4 is 0 Å². The molecular formula is C13H14ClN3O2S. The number of sulfonamides is 1. The SMILES string of the molecule is Cn1cnc2c1CN(S(=O)(=O)c1cccc(Cl)c1)CC2. The minimum Gasteiger partial charge on any atom is -0.336 e. The van der Waals surface area contributed by atoms with Crippen molar-refractivity contribution in [2.45, 2.75) is 17.9 Å². The van der Waals surface area contributed by atoms with Gasteiger partial charge in [0.05, 0.1) is 29.2 Å². The number of fused-ring (bicyclic) bond motifs is 1. The summed E-state index contributed by atoms with van der Waals surface area (Å²) in [6.07, 6.45) is 2.36. The summed E-state index contributed by atoms with van der Waals surface area (Å²) in [6.45, 7) is 0.791. The van der Waals surface area contributed by atoms with E-state index in [1.165, 1.54) is 10.4 Å². The van der Waals surface area contributed by atoms with E-state index in [0.29, 0.717) is 24.5 Å². The largest absolute Gasteiger partial charge is 0.336 e.